The van der Waals surface area contributed by atoms with Gasteiger partial charge in [0.2, 0.25) is 0 Å². The summed E-state index contributed by atoms with van der Waals surface area (Å²) < 4.78 is 28.9. The van der Waals surface area contributed by atoms with E-state index in [1.165, 1.54) is 27.2 Å². The van der Waals surface area contributed by atoms with Gasteiger partial charge in [-0.05, 0) is 51.0 Å². The number of carbonyl (C=O) groups excluding carboxylic acids is 3. The minimum absolute atomic E-state index is 0.0176. The third kappa shape index (κ3) is 4.04. The zero-order valence-corrected chi connectivity index (χ0v) is 25.1. The van der Waals surface area contributed by atoms with E-state index in [2.05, 4.69) is 0 Å². The summed E-state index contributed by atoms with van der Waals surface area (Å²) in [5, 5.41) is 45.2. The Morgan fingerprint density at radius 3 is 2.16 bits per heavy atom. The van der Waals surface area contributed by atoms with Gasteiger partial charge in [-0.3, -0.25) is 14.4 Å². The van der Waals surface area contributed by atoms with Gasteiger partial charge < -0.3 is 44.1 Å². The fourth-order valence-corrected chi connectivity index (χ4v) is 7.16. The molecule has 0 aromatic heterocycles. The van der Waals surface area contributed by atoms with Gasteiger partial charge in [0.05, 0.1) is 24.5 Å². The number of hydrogen-bond donors (Lipinski definition) is 4. The lowest BCUT2D eigenvalue weighted by atomic mass is 9.73. The Bertz CT molecular complexity index is 1670. The van der Waals surface area contributed by atoms with Crippen LogP contribution in [-0.4, -0.2) is 87.8 Å². The number of phenols is 2. The molecule has 3 heterocycles. The summed E-state index contributed by atoms with van der Waals surface area (Å²) in [5.74, 6) is -2.87. The first-order valence-corrected chi connectivity index (χ1v) is 14.2. The van der Waals surface area contributed by atoms with E-state index in [-0.39, 0.29) is 64.3 Å². The smallest absolute Gasteiger partial charge is 0.309 e. The van der Waals surface area contributed by atoms with Crippen LogP contribution in [0.25, 0.3) is 16.9 Å². The Kier molecular flexibility index (Phi) is 6.76. The molecular formula is C32H34O12. The number of methoxy groups -OCH3 is 2. The lowest BCUT2D eigenvalue weighted by Gasteiger charge is -2.46. The van der Waals surface area contributed by atoms with Crippen LogP contribution in [-0.2, 0) is 23.8 Å². The third-order valence-electron chi connectivity index (χ3n) is 9.34. The predicted octanol–water partition coefficient (Wildman–Crippen LogP) is 3.20. The van der Waals surface area contributed by atoms with Crippen molar-refractivity contribution in [2.45, 2.75) is 82.6 Å². The number of aliphatic hydroxyl groups excluding tert-OH is 2. The lowest BCUT2D eigenvalue weighted by molar-refractivity contribution is -0.153. The van der Waals surface area contributed by atoms with Crippen molar-refractivity contribution in [1.29, 1.82) is 0 Å². The Labute approximate surface area is 252 Å². The average molecular weight is 611 g/mol. The molecule has 2 aromatic carbocycles. The van der Waals surface area contributed by atoms with E-state index in [0.717, 1.165) is 0 Å². The number of ketones is 2. The molecule has 234 valence electrons. The normalized spacial score (nSPS) is 31.1. The van der Waals surface area contributed by atoms with E-state index in [0.29, 0.717) is 11.1 Å². The molecule has 1 saturated carbocycles. The van der Waals surface area contributed by atoms with Gasteiger partial charge in [-0.25, -0.2) is 0 Å². The van der Waals surface area contributed by atoms with Gasteiger partial charge >= 0.3 is 5.97 Å². The van der Waals surface area contributed by atoms with Crippen molar-refractivity contribution >= 4 is 23.3 Å². The second-order valence-corrected chi connectivity index (χ2v) is 12.3. The molecule has 44 heavy (non-hydrogen) atoms. The van der Waals surface area contributed by atoms with Crippen LogP contribution in [0.2, 0.25) is 0 Å². The summed E-state index contributed by atoms with van der Waals surface area (Å²) in [6.07, 6.45) is -4.26. The number of aliphatic hydroxyl groups is 2. The highest BCUT2D eigenvalue weighted by atomic mass is 16.6. The molecule has 0 unspecified atom stereocenters. The van der Waals surface area contributed by atoms with Crippen LogP contribution in [0, 0.1) is 13.8 Å². The monoisotopic (exact) mass is 610 g/mol. The van der Waals surface area contributed by atoms with Crippen molar-refractivity contribution < 1.29 is 58.5 Å². The summed E-state index contributed by atoms with van der Waals surface area (Å²) in [6.45, 7) is 6.40. The Morgan fingerprint density at radius 2 is 1.50 bits per heavy atom. The van der Waals surface area contributed by atoms with Gasteiger partial charge in [0.25, 0.3) is 0 Å². The first-order chi connectivity index (χ1) is 20.7. The molecule has 2 aromatic rings. The molecule has 0 spiro atoms. The minimum atomic E-state index is -1.66. The summed E-state index contributed by atoms with van der Waals surface area (Å²) in [4.78, 5) is 39.0. The molecule has 6 atom stereocenters. The van der Waals surface area contributed by atoms with Crippen molar-refractivity contribution in [3.05, 3.63) is 40.0 Å². The number of fused-ring (bicyclic) bond motifs is 3. The summed E-state index contributed by atoms with van der Waals surface area (Å²) in [7, 11) is 2.79. The molecule has 1 aliphatic carbocycles. The van der Waals surface area contributed by atoms with Gasteiger partial charge in [0.1, 0.15) is 52.1 Å². The number of carbonyl (C=O) groups is 3. The molecule has 4 aliphatic rings. The van der Waals surface area contributed by atoms with Crippen LogP contribution in [0.15, 0.2) is 17.7 Å². The summed E-state index contributed by atoms with van der Waals surface area (Å²) in [6, 6.07) is 2.92. The van der Waals surface area contributed by atoms with Crippen LogP contribution in [0.4, 0.5) is 0 Å². The quantitative estimate of drug-likeness (QED) is 0.372. The van der Waals surface area contributed by atoms with Crippen molar-refractivity contribution in [2.24, 2.45) is 0 Å². The third-order valence-corrected chi connectivity index (χ3v) is 9.34. The van der Waals surface area contributed by atoms with Crippen LogP contribution in [0.3, 0.4) is 0 Å². The first kappa shape index (κ1) is 29.9. The fourth-order valence-electron chi connectivity index (χ4n) is 7.16. The molecule has 2 fully saturated rings. The number of Topliss-reactive ketones (excluding diaryl/α,β-unsaturated/α-hetero) is 2. The van der Waals surface area contributed by atoms with Crippen molar-refractivity contribution in [2.75, 3.05) is 14.2 Å². The van der Waals surface area contributed by atoms with Crippen LogP contribution >= 0.6 is 0 Å². The molecule has 12 heteroatoms. The van der Waals surface area contributed by atoms with E-state index in [9.17, 15) is 34.8 Å². The lowest BCUT2D eigenvalue weighted by Crippen LogP contribution is -2.60. The van der Waals surface area contributed by atoms with Gasteiger partial charge in [-0.2, -0.15) is 0 Å². The van der Waals surface area contributed by atoms with E-state index in [1.54, 1.807) is 26.8 Å². The van der Waals surface area contributed by atoms with Crippen LogP contribution in [0.5, 0.6) is 23.0 Å². The highest BCUT2D eigenvalue weighted by Crippen LogP contribution is 2.56. The summed E-state index contributed by atoms with van der Waals surface area (Å²) >= 11 is 0. The van der Waals surface area contributed by atoms with E-state index in [1.807, 2.05) is 0 Å². The van der Waals surface area contributed by atoms with Gasteiger partial charge in [-0.15, -0.1) is 0 Å². The summed E-state index contributed by atoms with van der Waals surface area (Å²) in [5.41, 5.74) is -2.28. The Balaban J connectivity index is 1.56. The maximum absolute atomic E-state index is 13.6. The number of benzene rings is 2. The van der Waals surface area contributed by atoms with Crippen LogP contribution in [0.1, 0.15) is 60.2 Å². The molecule has 3 aliphatic heterocycles. The molecule has 0 radical (unpaired) electrons. The molecule has 0 bridgehead atoms. The molecule has 6 rings (SSSR count). The number of phenolic OH excluding ortho intramolecular Hbond substituents is 2. The van der Waals surface area contributed by atoms with E-state index >= 15 is 0 Å². The standard InChI is InChI=1S/C32H34O12/c1-12-7-14(33)23-16(35)11-31(3,30-19(41-6)10-20(36)42-30)44-28(23)22(12)21-13(2)8-17-24(26(21)37)27(38)25-15(34)9-18(40-5)29(39)32(25,4)43-17/h7-8,18-19,29-30,33,37-39H,9-11H2,1-6H3/t18-,19-,29-,30-,31-,32+/m0/s1. The number of aromatic hydroxyl groups is 2. The zero-order valence-electron chi connectivity index (χ0n) is 25.1. The second-order valence-electron chi connectivity index (χ2n) is 12.3. The fraction of sp³-hybridized carbons (Fsp3) is 0.469. The number of hydrogen-bond acceptors (Lipinski definition) is 12. The highest BCUT2D eigenvalue weighted by Gasteiger charge is 2.56. The van der Waals surface area contributed by atoms with E-state index in [4.69, 9.17) is 23.7 Å². The first-order valence-electron chi connectivity index (χ1n) is 14.2. The second kappa shape index (κ2) is 9.94. The Morgan fingerprint density at radius 1 is 0.841 bits per heavy atom. The maximum atomic E-state index is 13.6. The topological polar surface area (TPSA) is 178 Å². The average Bonchev–Trinajstić information content (AvgIpc) is 3.33. The molecule has 0 amide bonds. The number of aryl methyl sites for hydroxylation is 2. The molecule has 1 saturated heterocycles. The number of ether oxygens (including phenoxy) is 5. The van der Waals surface area contributed by atoms with Crippen LogP contribution < -0.4 is 9.47 Å². The molecular weight excluding hydrogens is 576 g/mol. The van der Waals surface area contributed by atoms with Crippen molar-refractivity contribution in [3.8, 4) is 34.1 Å². The molecule has 12 nitrogen and oxygen atoms in total. The largest absolute Gasteiger partial charge is 0.507 e. The van der Waals surface area contributed by atoms with E-state index < -0.39 is 64.7 Å². The number of cyclic esters (lactones) is 1. The predicted molar refractivity (Wildman–Crippen MR) is 153 cm³/mol. The zero-order chi connectivity index (χ0) is 32.0. The van der Waals surface area contributed by atoms with Gasteiger partial charge in [0, 0.05) is 31.8 Å². The highest BCUT2D eigenvalue weighted by molar-refractivity contribution is 6.08. The molecule has 4 N–H and O–H groups in total. The van der Waals surface area contributed by atoms with Crippen molar-refractivity contribution in [3.63, 3.8) is 0 Å². The Hall–Kier alpha value is -4.13. The number of esters is 1. The minimum Gasteiger partial charge on any atom is -0.507 e. The maximum Gasteiger partial charge on any atom is 0.309 e. The van der Waals surface area contributed by atoms with Gasteiger partial charge in [0.15, 0.2) is 28.9 Å². The van der Waals surface area contributed by atoms with Crippen molar-refractivity contribution in [1.82, 2.24) is 0 Å². The number of rotatable bonds is 4. The van der Waals surface area contributed by atoms with Gasteiger partial charge in [-0.1, -0.05) is 0 Å². The SMILES string of the molecule is CO[C@H]1CC(=O)O[C@@H]1[C@]1(C)CC(=O)c2c(O)cc(C)c(-c3c(C)cc4c(c3O)C(O)=C3C(=O)C[C@H](OC)[C@H](O)[C@]3(C)O4)c2O1.